The molecule has 0 aromatic heterocycles. The molecule has 3 heteroatoms. The Bertz CT molecular complexity index is 631. The third-order valence-corrected chi connectivity index (χ3v) is 8.38. The molecule has 0 bridgehead atoms. The van der Waals surface area contributed by atoms with Gasteiger partial charge in [-0.3, -0.25) is 0 Å². The lowest BCUT2D eigenvalue weighted by Gasteiger charge is -2.17. The van der Waals surface area contributed by atoms with E-state index < -0.39 is 0 Å². The monoisotopic (exact) mass is 588 g/mol. The predicted octanol–water partition coefficient (Wildman–Crippen LogP) is 13.2. The molecule has 0 aliphatic heterocycles. The maximum Gasteiger partial charge on any atom is 0.203 e. The van der Waals surface area contributed by atoms with Crippen LogP contribution in [0.4, 0.5) is 0 Å². The first kappa shape index (κ1) is 38.6. The van der Waals surface area contributed by atoms with E-state index in [9.17, 15) is 0 Å². The van der Waals surface area contributed by atoms with Crippen LogP contribution in [-0.4, -0.2) is 19.8 Å². The molecule has 0 unspecified atom stereocenters. The van der Waals surface area contributed by atoms with E-state index in [2.05, 4.69) is 26.8 Å². The van der Waals surface area contributed by atoms with Gasteiger partial charge >= 0.3 is 0 Å². The van der Waals surface area contributed by atoms with Crippen LogP contribution >= 0.6 is 0 Å². The third kappa shape index (κ3) is 23.1. The average molecular weight is 588 g/mol. The van der Waals surface area contributed by atoms with E-state index in [1.54, 1.807) is 0 Å². The fourth-order valence-corrected chi connectivity index (χ4v) is 5.58. The number of hydrogen-bond acceptors (Lipinski definition) is 3. The summed E-state index contributed by atoms with van der Waals surface area (Å²) in [5, 5.41) is 0. The van der Waals surface area contributed by atoms with Crippen molar-refractivity contribution >= 4 is 0 Å². The highest BCUT2D eigenvalue weighted by Gasteiger charge is 2.13. The van der Waals surface area contributed by atoms with E-state index in [1.807, 2.05) is 12.1 Å². The van der Waals surface area contributed by atoms with Crippen molar-refractivity contribution in [3.63, 3.8) is 0 Å². The van der Waals surface area contributed by atoms with Crippen LogP contribution in [0.1, 0.15) is 194 Å². The van der Waals surface area contributed by atoms with Gasteiger partial charge in [0.15, 0.2) is 11.5 Å². The summed E-state index contributed by atoms with van der Waals surface area (Å²) < 4.78 is 18.8. The first-order valence-electron chi connectivity index (χ1n) is 18.8. The smallest absolute Gasteiger partial charge is 0.203 e. The molecule has 1 aromatic rings. The highest BCUT2D eigenvalue weighted by atomic mass is 16.5. The average Bonchev–Trinajstić information content (AvgIpc) is 3.00. The number of benzene rings is 1. The summed E-state index contributed by atoms with van der Waals surface area (Å²) in [6.07, 6.45) is 35.6. The first-order chi connectivity index (χ1) is 20.8. The van der Waals surface area contributed by atoms with E-state index in [4.69, 9.17) is 14.2 Å². The number of rotatable bonds is 33. The maximum atomic E-state index is 6.34. The lowest BCUT2D eigenvalue weighted by molar-refractivity contribution is 0.234. The summed E-state index contributed by atoms with van der Waals surface area (Å²) in [6.45, 7) is 9.05. The van der Waals surface area contributed by atoms with Crippen LogP contribution in [0, 0.1) is 6.07 Å². The number of unbranched alkanes of at least 4 members (excludes halogenated alkanes) is 24. The molecule has 0 spiro atoms. The van der Waals surface area contributed by atoms with E-state index in [0.717, 1.165) is 56.3 Å². The molecule has 3 nitrogen and oxygen atoms in total. The van der Waals surface area contributed by atoms with Gasteiger partial charge in [-0.05, 0) is 37.5 Å². The van der Waals surface area contributed by atoms with Crippen molar-refractivity contribution < 1.29 is 14.2 Å². The third-order valence-electron chi connectivity index (χ3n) is 8.38. The van der Waals surface area contributed by atoms with Gasteiger partial charge in [-0.1, -0.05) is 175 Å². The summed E-state index contributed by atoms with van der Waals surface area (Å²) in [7, 11) is 0. The van der Waals surface area contributed by atoms with E-state index in [-0.39, 0.29) is 0 Å². The van der Waals surface area contributed by atoms with Crippen LogP contribution in [0.5, 0.6) is 17.2 Å². The van der Waals surface area contributed by atoms with Gasteiger partial charge < -0.3 is 14.2 Å². The Morgan fingerprint density at radius 2 is 0.619 bits per heavy atom. The van der Waals surface area contributed by atoms with Crippen molar-refractivity contribution in [3.8, 4) is 17.2 Å². The molecule has 1 radical (unpaired) electrons. The number of hydrogen-bond donors (Lipinski definition) is 0. The predicted molar refractivity (Wildman–Crippen MR) is 183 cm³/mol. The van der Waals surface area contributed by atoms with Gasteiger partial charge in [0.2, 0.25) is 5.75 Å². The largest absolute Gasteiger partial charge is 0.490 e. The molecular formula is C39H71O3. The van der Waals surface area contributed by atoms with Gasteiger partial charge in [0.25, 0.3) is 0 Å². The zero-order valence-corrected chi connectivity index (χ0v) is 28.6. The Balaban J connectivity index is 2.41. The van der Waals surface area contributed by atoms with Crippen molar-refractivity contribution in [3.05, 3.63) is 18.2 Å². The summed E-state index contributed by atoms with van der Waals surface area (Å²) in [6, 6.07) is 7.12. The second-order valence-electron chi connectivity index (χ2n) is 12.5. The van der Waals surface area contributed by atoms with Crippen LogP contribution in [0.15, 0.2) is 12.1 Å². The molecule has 0 heterocycles. The van der Waals surface area contributed by atoms with Gasteiger partial charge in [0, 0.05) is 0 Å². The van der Waals surface area contributed by atoms with Crippen LogP contribution in [0.3, 0.4) is 0 Å². The van der Waals surface area contributed by atoms with Crippen molar-refractivity contribution in [1.29, 1.82) is 0 Å². The highest BCUT2D eigenvalue weighted by molar-refractivity contribution is 5.50. The van der Waals surface area contributed by atoms with Gasteiger partial charge in [0.05, 0.1) is 19.8 Å². The summed E-state index contributed by atoms with van der Waals surface area (Å²) in [5.74, 6) is 2.39. The molecule has 1 aromatic carbocycles. The fraction of sp³-hybridized carbons (Fsp3) is 0.846. The first-order valence-corrected chi connectivity index (χ1v) is 18.8. The molecule has 0 saturated carbocycles. The molecule has 0 N–H and O–H groups in total. The zero-order chi connectivity index (χ0) is 30.2. The van der Waals surface area contributed by atoms with Crippen LogP contribution in [0.2, 0.25) is 0 Å². The molecule has 0 aliphatic rings. The standard InChI is InChI=1S/C39H71O3/c1-4-7-10-13-16-19-22-25-28-34-40-37-32-31-33-38(41-35-29-26-23-20-17-14-11-8-5-2)39(37)42-36-30-27-24-21-18-15-12-9-6-3/h32-33H,4-30,34-36H2,1-3H3. The molecule has 0 fully saturated rings. The molecule has 0 atom stereocenters. The van der Waals surface area contributed by atoms with Gasteiger partial charge in [-0.2, -0.15) is 0 Å². The van der Waals surface area contributed by atoms with E-state index in [1.165, 1.54) is 154 Å². The zero-order valence-electron chi connectivity index (χ0n) is 28.6. The minimum absolute atomic E-state index is 0.725. The summed E-state index contributed by atoms with van der Waals surface area (Å²) in [5.41, 5.74) is 0. The minimum Gasteiger partial charge on any atom is -0.490 e. The Morgan fingerprint density at radius 3 is 0.929 bits per heavy atom. The van der Waals surface area contributed by atoms with Crippen LogP contribution < -0.4 is 14.2 Å². The Hall–Kier alpha value is -1.38. The fourth-order valence-electron chi connectivity index (χ4n) is 5.58. The molecule has 0 amide bonds. The normalized spacial score (nSPS) is 11.2. The second kappa shape index (κ2) is 31.1. The van der Waals surface area contributed by atoms with Crippen LogP contribution in [-0.2, 0) is 0 Å². The highest BCUT2D eigenvalue weighted by Crippen LogP contribution is 2.37. The lowest BCUT2D eigenvalue weighted by atomic mass is 10.1. The lowest BCUT2D eigenvalue weighted by Crippen LogP contribution is -2.06. The Morgan fingerprint density at radius 1 is 0.357 bits per heavy atom. The Labute approximate surface area is 263 Å². The quantitative estimate of drug-likeness (QED) is 0.0765. The SMILES string of the molecule is CCCCCCCCCCCOc1c[c]cc(OCCCCCCCCCCC)c1OCCCCCCCCCCC. The molecule has 245 valence electrons. The van der Waals surface area contributed by atoms with Crippen molar-refractivity contribution in [2.75, 3.05) is 19.8 Å². The molecule has 0 saturated heterocycles. The summed E-state index contributed by atoms with van der Waals surface area (Å²) >= 11 is 0. The Kier molecular flexibility index (Phi) is 28.6. The molecule has 1 rings (SSSR count). The van der Waals surface area contributed by atoms with Crippen molar-refractivity contribution in [1.82, 2.24) is 0 Å². The minimum atomic E-state index is 0.725. The van der Waals surface area contributed by atoms with Crippen LogP contribution in [0.25, 0.3) is 0 Å². The molecule has 0 aliphatic carbocycles. The van der Waals surface area contributed by atoms with Gasteiger partial charge in [-0.15, -0.1) is 0 Å². The second-order valence-corrected chi connectivity index (χ2v) is 12.5. The van der Waals surface area contributed by atoms with Crippen molar-refractivity contribution in [2.24, 2.45) is 0 Å². The molecular weight excluding hydrogens is 516 g/mol. The summed E-state index contributed by atoms with van der Waals surface area (Å²) in [4.78, 5) is 0. The topological polar surface area (TPSA) is 27.7 Å². The van der Waals surface area contributed by atoms with Gasteiger partial charge in [0.1, 0.15) is 0 Å². The van der Waals surface area contributed by atoms with Crippen molar-refractivity contribution in [2.45, 2.75) is 194 Å². The maximum absolute atomic E-state index is 6.34. The van der Waals surface area contributed by atoms with E-state index in [0.29, 0.717) is 0 Å². The van der Waals surface area contributed by atoms with E-state index >= 15 is 0 Å². The number of ether oxygens (including phenoxy) is 3. The molecule has 42 heavy (non-hydrogen) atoms. The van der Waals surface area contributed by atoms with Gasteiger partial charge in [-0.25, -0.2) is 0 Å².